The molecule has 0 spiro atoms. The van der Waals surface area contributed by atoms with Crippen LogP contribution in [0, 0.1) is 0 Å². The Morgan fingerprint density at radius 1 is 1.50 bits per heavy atom. The molecule has 2 rings (SSSR count). The molecule has 1 aromatic heterocycles. The lowest BCUT2D eigenvalue weighted by atomic mass is 10.1. The fourth-order valence-corrected chi connectivity index (χ4v) is 3.22. The van der Waals surface area contributed by atoms with E-state index in [-0.39, 0.29) is 6.61 Å². The summed E-state index contributed by atoms with van der Waals surface area (Å²) in [6, 6.07) is 0.623. The zero-order valence-corrected chi connectivity index (χ0v) is 12.2. The number of aromatic nitrogens is 1. The Morgan fingerprint density at radius 3 is 2.67 bits per heavy atom. The largest absolute Gasteiger partial charge is 0.391 e. The maximum Gasteiger partial charge on any atom is 0.186 e. The van der Waals surface area contributed by atoms with E-state index in [0.29, 0.717) is 12.0 Å². The molecule has 0 amide bonds. The first-order valence-corrected chi connectivity index (χ1v) is 7.35. The van der Waals surface area contributed by atoms with Gasteiger partial charge in [-0.2, -0.15) is 0 Å². The molecule has 0 atom stereocenters. The van der Waals surface area contributed by atoms with Gasteiger partial charge < -0.3 is 14.7 Å². The van der Waals surface area contributed by atoms with Crippen LogP contribution in [-0.2, 0) is 11.3 Å². The lowest BCUT2D eigenvalue weighted by molar-refractivity contribution is 0.205. The van der Waals surface area contributed by atoms with Crippen LogP contribution in [0.25, 0.3) is 0 Å². The van der Waals surface area contributed by atoms with Gasteiger partial charge in [-0.3, -0.25) is 0 Å². The second-order valence-corrected chi connectivity index (χ2v) is 6.10. The van der Waals surface area contributed by atoms with Crippen molar-refractivity contribution in [3.63, 3.8) is 0 Å². The number of thiazole rings is 1. The maximum atomic E-state index is 9.42. The van der Waals surface area contributed by atoms with Crippen molar-refractivity contribution in [2.75, 3.05) is 25.2 Å². The number of hydrogen-bond donors (Lipinski definition) is 1. The summed E-state index contributed by atoms with van der Waals surface area (Å²) in [6.07, 6.45) is 2.49. The predicted molar refractivity (Wildman–Crippen MR) is 74.4 cm³/mol. The SMILES string of the molecule is COCCN(c1nc(C(C)C)c(CO)s1)C1CC1. The monoisotopic (exact) mass is 270 g/mol. The van der Waals surface area contributed by atoms with Crippen LogP contribution < -0.4 is 4.90 Å². The Kier molecular flexibility index (Phi) is 4.59. The Bertz CT molecular complexity index is 388. The topological polar surface area (TPSA) is 45.6 Å². The quantitative estimate of drug-likeness (QED) is 0.826. The van der Waals surface area contributed by atoms with Crippen LogP contribution >= 0.6 is 11.3 Å². The molecular formula is C13H22N2O2S. The van der Waals surface area contributed by atoms with Gasteiger partial charge in [0.2, 0.25) is 0 Å². The summed E-state index contributed by atoms with van der Waals surface area (Å²) in [5, 5.41) is 10.5. The van der Waals surface area contributed by atoms with Crippen LogP contribution in [0.1, 0.15) is 43.2 Å². The molecule has 0 radical (unpaired) electrons. The Balaban J connectivity index is 2.18. The van der Waals surface area contributed by atoms with Crippen LogP contribution in [-0.4, -0.2) is 36.4 Å². The fourth-order valence-electron chi connectivity index (χ4n) is 2.05. The van der Waals surface area contributed by atoms with Crippen molar-refractivity contribution in [1.82, 2.24) is 4.98 Å². The van der Waals surface area contributed by atoms with Gasteiger partial charge in [0, 0.05) is 19.7 Å². The molecule has 18 heavy (non-hydrogen) atoms. The van der Waals surface area contributed by atoms with Crippen molar-refractivity contribution in [2.45, 2.75) is 45.3 Å². The number of rotatable bonds is 7. The average Bonchev–Trinajstić information content (AvgIpc) is 3.08. The molecule has 1 heterocycles. The maximum absolute atomic E-state index is 9.42. The molecule has 0 saturated heterocycles. The van der Waals surface area contributed by atoms with Crippen molar-refractivity contribution < 1.29 is 9.84 Å². The molecule has 0 aromatic carbocycles. The minimum Gasteiger partial charge on any atom is -0.391 e. The van der Waals surface area contributed by atoms with Crippen LogP contribution in [0.4, 0.5) is 5.13 Å². The van der Waals surface area contributed by atoms with E-state index in [4.69, 9.17) is 9.72 Å². The van der Waals surface area contributed by atoms with Gasteiger partial charge in [-0.25, -0.2) is 4.98 Å². The van der Waals surface area contributed by atoms with Crippen molar-refractivity contribution in [2.24, 2.45) is 0 Å². The summed E-state index contributed by atoms with van der Waals surface area (Å²) in [5.74, 6) is 0.362. The number of ether oxygens (including phenoxy) is 1. The predicted octanol–water partition coefficient (Wildman–Crippen LogP) is 2.37. The Labute approximate surface area is 113 Å². The van der Waals surface area contributed by atoms with E-state index < -0.39 is 0 Å². The molecular weight excluding hydrogens is 248 g/mol. The van der Waals surface area contributed by atoms with E-state index in [9.17, 15) is 5.11 Å². The fraction of sp³-hybridized carbons (Fsp3) is 0.769. The van der Waals surface area contributed by atoms with Crippen molar-refractivity contribution >= 4 is 16.5 Å². The highest BCUT2D eigenvalue weighted by molar-refractivity contribution is 7.15. The summed E-state index contributed by atoms with van der Waals surface area (Å²) in [4.78, 5) is 8.06. The molecule has 4 nitrogen and oxygen atoms in total. The van der Waals surface area contributed by atoms with Gasteiger partial charge in [0.05, 0.1) is 23.8 Å². The van der Waals surface area contributed by atoms with Crippen LogP contribution in [0.3, 0.4) is 0 Å². The molecule has 5 heteroatoms. The standard InChI is InChI=1S/C13H22N2O2S/c1-9(2)12-11(8-16)18-13(14-12)15(6-7-17-3)10-4-5-10/h9-10,16H,4-8H2,1-3H3. The first-order chi connectivity index (χ1) is 8.67. The third-order valence-electron chi connectivity index (χ3n) is 3.18. The molecule has 0 bridgehead atoms. The van der Waals surface area contributed by atoms with Gasteiger partial charge in [-0.05, 0) is 18.8 Å². The number of nitrogens with zero attached hydrogens (tertiary/aromatic N) is 2. The second-order valence-electron chi connectivity index (χ2n) is 5.04. The first kappa shape index (κ1) is 13.8. The number of anilines is 1. The summed E-state index contributed by atoms with van der Waals surface area (Å²) in [5.41, 5.74) is 1.04. The van der Waals surface area contributed by atoms with Crippen LogP contribution in [0.5, 0.6) is 0 Å². The number of aliphatic hydroxyl groups excluding tert-OH is 1. The van der Waals surface area contributed by atoms with Gasteiger partial charge in [-0.1, -0.05) is 25.2 Å². The van der Waals surface area contributed by atoms with Crippen molar-refractivity contribution in [1.29, 1.82) is 0 Å². The third-order valence-corrected chi connectivity index (χ3v) is 4.27. The van der Waals surface area contributed by atoms with Crippen molar-refractivity contribution in [3.05, 3.63) is 10.6 Å². The Hall–Kier alpha value is -0.650. The smallest absolute Gasteiger partial charge is 0.186 e. The zero-order valence-electron chi connectivity index (χ0n) is 11.3. The lowest BCUT2D eigenvalue weighted by Crippen LogP contribution is -2.29. The molecule has 0 unspecified atom stereocenters. The molecule has 1 aliphatic carbocycles. The van der Waals surface area contributed by atoms with Gasteiger partial charge in [0.25, 0.3) is 0 Å². The van der Waals surface area contributed by atoms with E-state index in [0.717, 1.165) is 28.9 Å². The molecule has 102 valence electrons. The van der Waals surface area contributed by atoms with Gasteiger partial charge >= 0.3 is 0 Å². The number of aliphatic hydroxyl groups is 1. The van der Waals surface area contributed by atoms with Gasteiger partial charge in [0.15, 0.2) is 5.13 Å². The minimum atomic E-state index is 0.0912. The summed E-state index contributed by atoms with van der Waals surface area (Å²) in [6.45, 7) is 5.94. The third kappa shape index (κ3) is 3.02. The Morgan fingerprint density at radius 2 is 2.22 bits per heavy atom. The van der Waals surface area contributed by atoms with Crippen LogP contribution in [0.15, 0.2) is 0 Å². The van der Waals surface area contributed by atoms with Crippen molar-refractivity contribution in [3.8, 4) is 0 Å². The van der Waals surface area contributed by atoms with E-state index in [1.807, 2.05) is 0 Å². The highest BCUT2D eigenvalue weighted by Crippen LogP contribution is 2.36. The number of methoxy groups -OCH3 is 1. The minimum absolute atomic E-state index is 0.0912. The van der Waals surface area contributed by atoms with E-state index in [2.05, 4.69) is 18.7 Å². The lowest BCUT2D eigenvalue weighted by Gasteiger charge is -2.20. The molecule has 1 aromatic rings. The van der Waals surface area contributed by atoms with E-state index >= 15 is 0 Å². The van der Waals surface area contributed by atoms with Gasteiger partial charge in [0.1, 0.15) is 0 Å². The number of hydrogen-bond acceptors (Lipinski definition) is 5. The molecule has 1 saturated carbocycles. The first-order valence-electron chi connectivity index (χ1n) is 6.53. The molecule has 1 aliphatic rings. The van der Waals surface area contributed by atoms with Crippen LogP contribution in [0.2, 0.25) is 0 Å². The average molecular weight is 270 g/mol. The van der Waals surface area contributed by atoms with E-state index in [1.165, 1.54) is 12.8 Å². The molecule has 1 fully saturated rings. The highest BCUT2D eigenvalue weighted by atomic mass is 32.1. The normalized spacial score (nSPS) is 15.4. The van der Waals surface area contributed by atoms with Gasteiger partial charge in [-0.15, -0.1) is 0 Å². The second kappa shape index (κ2) is 5.99. The highest BCUT2D eigenvalue weighted by Gasteiger charge is 2.31. The summed E-state index contributed by atoms with van der Waals surface area (Å²) >= 11 is 1.62. The molecule has 1 N–H and O–H groups in total. The summed E-state index contributed by atoms with van der Waals surface area (Å²) in [7, 11) is 1.73. The zero-order chi connectivity index (χ0) is 13.1. The summed E-state index contributed by atoms with van der Waals surface area (Å²) < 4.78 is 5.17. The van der Waals surface area contributed by atoms with E-state index in [1.54, 1.807) is 18.4 Å². The molecule has 0 aliphatic heterocycles.